The van der Waals surface area contributed by atoms with Crippen molar-refractivity contribution < 1.29 is 19.1 Å². The van der Waals surface area contributed by atoms with Gasteiger partial charge in [-0.25, -0.2) is 4.79 Å². The highest BCUT2D eigenvalue weighted by atomic mass is 16.7. The summed E-state index contributed by atoms with van der Waals surface area (Å²) in [6.45, 7) is 3.18. The lowest BCUT2D eigenvalue weighted by atomic mass is 10.1. The summed E-state index contributed by atoms with van der Waals surface area (Å²) in [6.07, 6.45) is 1.97. The van der Waals surface area contributed by atoms with Crippen molar-refractivity contribution in [3.05, 3.63) is 35.9 Å². The summed E-state index contributed by atoms with van der Waals surface area (Å²) >= 11 is 0. The zero-order chi connectivity index (χ0) is 18.0. The fourth-order valence-electron chi connectivity index (χ4n) is 3.53. The van der Waals surface area contributed by atoms with Crippen LogP contribution in [0.1, 0.15) is 18.4 Å². The molecule has 1 unspecified atom stereocenters. The van der Waals surface area contributed by atoms with E-state index < -0.39 is 5.79 Å². The fourth-order valence-corrected chi connectivity index (χ4v) is 3.53. The van der Waals surface area contributed by atoms with Gasteiger partial charge in [0, 0.05) is 25.6 Å². The van der Waals surface area contributed by atoms with Crippen LogP contribution in [0.15, 0.2) is 30.3 Å². The van der Waals surface area contributed by atoms with Gasteiger partial charge in [-0.15, -0.1) is 0 Å². The summed E-state index contributed by atoms with van der Waals surface area (Å²) in [5, 5.41) is 2.95. The van der Waals surface area contributed by atoms with Crippen molar-refractivity contribution in [2.75, 3.05) is 39.4 Å². The van der Waals surface area contributed by atoms with Crippen LogP contribution < -0.4 is 5.32 Å². The fraction of sp³-hybridized carbons (Fsp3) is 0.579. The normalized spacial score (nSPS) is 26.0. The van der Waals surface area contributed by atoms with Crippen molar-refractivity contribution in [1.82, 2.24) is 15.1 Å². The van der Waals surface area contributed by atoms with E-state index in [0.717, 1.165) is 18.4 Å². The number of benzene rings is 1. The molecule has 1 saturated carbocycles. The maximum Gasteiger partial charge on any atom is 0.317 e. The Morgan fingerprint density at radius 2 is 1.69 bits per heavy atom. The number of nitrogens with one attached hydrogen (secondary N) is 1. The average Bonchev–Trinajstić information content (AvgIpc) is 3.52. The third kappa shape index (κ3) is 3.83. The van der Waals surface area contributed by atoms with Crippen LogP contribution in [0.5, 0.6) is 0 Å². The third-order valence-corrected chi connectivity index (χ3v) is 5.13. The molecule has 2 heterocycles. The molecule has 2 aliphatic heterocycles. The largest absolute Gasteiger partial charge is 0.345 e. The van der Waals surface area contributed by atoms with Crippen LogP contribution in [-0.2, 0) is 20.8 Å². The molecule has 1 atom stereocenters. The van der Waals surface area contributed by atoms with E-state index in [2.05, 4.69) is 5.32 Å². The maximum absolute atomic E-state index is 12.6. The molecule has 1 N–H and O–H groups in total. The molecule has 7 nitrogen and oxygen atoms in total. The minimum absolute atomic E-state index is 0.134. The van der Waals surface area contributed by atoms with Gasteiger partial charge in [-0.05, 0) is 18.4 Å². The zero-order valence-corrected chi connectivity index (χ0v) is 14.9. The Hall–Kier alpha value is -2.12. The van der Waals surface area contributed by atoms with Gasteiger partial charge >= 0.3 is 6.03 Å². The lowest BCUT2D eigenvalue weighted by molar-refractivity contribution is -0.284. The number of ether oxygens (including phenoxy) is 2. The van der Waals surface area contributed by atoms with Crippen LogP contribution in [0.25, 0.3) is 0 Å². The van der Waals surface area contributed by atoms with Gasteiger partial charge in [0.05, 0.1) is 26.3 Å². The molecule has 0 bridgehead atoms. The number of carbonyl (C=O) groups excluding carboxylic acids is 2. The molecule has 3 aliphatic rings. The molecule has 3 fully saturated rings. The smallest absolute Gasteiger partial charge is 0.317 e. The number of rotatable bonds is 3. The second-order valence-electron chi connectivity index (χ2n) is 7.21. The standard InChI is InChI=1S/C19H25N3O4/c23-17(16-6-7-16)21-8-10-25-19(13-21)14-22(9-11-26-19)18(24)20-12-15-4-2-1-3-5-15/h1-5,16H,6-14H2,(H,20,24). The van der Waals surface area contributed by atoms with E-state index in [9.17, 15) is 9.59 Å². The highest BCUT2D eigenvalue weighted by Gasteiger charge is 2.46. The first-order valence-electron chi connectivity index (χ1n) is 9.29. The number of morpholine rings is 2. The Bertz CT molecular complexity index is 660. The van der Waals surface area contributed by atoms with Crippen LogP contribution in [0.3, 0.4) is 0 Å². The topological polar surface area (TPSA) is 71.1 Å². The monoisotopic (exact) mass is 359 g/mol. The van der Waals surface area contributed by atoms with E-state index >= 15 is 0 Å². The maximum atomic E-state index is 12.6. The van der Waals surface area contributed by atoms with Gasteiger partial charge in [0.2, 0.25) is 11.7 Å². The Kier molecular flexibility index (Phi) is 4.82. The van der Waals surface area contributed by atoms with Crippen LogP contribution in [0, 0.1) is 5.92 Å². The number of hydrogen-bond acceptors (Lipinski definition) is 4. The number of urea groups is 1. The molecule has 1 aliphatic carbocycles. The van der Waals surface area contributed by atoms with Crippen molar-refractivity contribution in [1.29, 1.82) is 0 Å². The molecule has 0 radical (unpaired) electrons. The van der Waals surface area contributed by atoms with Gasteiger partial charge in [-0.1, -0.05) is 30.3 Å². The Morgan fingerprint density at radius 1 is 1.04 bits per heavy atom. The van der Waals surface area contributed by atoms with Crippen LogP contribution in [0.4, 0.5) is 4.79 Å². The first kappa shape index (κ1) is 17.3. The van der Waals surface area contributed by atoms with E-state index in [-0.39, 0.29) is 17.9 Å². The van der Waals surface area contributed by atoms with E-state index in [0.29, 0.717) is 45.9 Å². The van der Waals surface area contributed by atoms with Gasteiger partial charge in [-0.2, -0.15) is 0 Å². The summed E-state index contributed by atoms with van der Waals surface area (Å²) in [6, 6.07) is 9.68. The SMILES string of the molecule is O=C(NCc1ccccc1)N1CCOC2(C1)CN(C(=O)C1CC1)CCO2. The first-order valence-corrected chi connectivity index (χ1v) is 9.29. The third-order valence-electron chi connectivity index (χ3n) is 5.13. The molecular weight excluding hydrogens is 334 g/mol. The van der Waals surface area contributed by atoms with Crippen molar-refractivity contribution in [3.63, 3.8) is 0 Å². The molecule has 1 aromatic rings. The Labute approximate surface area is 153 Å². The summed E-state index contributed by atoms with van der Waals surface area (Å²) in [4.78, 5) is 28.5. The molecular formula is C19H25N3O4. The molecule has 3 amide bonds. The summed E-state index contributed by atoms with van der Waals surface area (Å²) in [7, 11) is 0. The lowest BCUT2D eigenvalue weighted by Crippen LogP contribution is -2.64. The van der Waals surface area contributed by atoms with Gasteiger partial charge in [0.1, 0.15) is 0 Å². The van der Waals surface area contributed by atoms with Crippen molar-refractivity contribution in [2.45, 2.75) is 25.2 Å². The molecule has 140 valence electrons. The second-order valence-corrected chi connectivity index (χ2v) is 7.21. The average molecular weight is 359 g/mol. The zero-order valence-electron chi connectivity index (χ0n) is 14.9. The number of amides is 3. The lowest BCUT2D eigenvalue weighted by Gasteiger charge is -2.47. The van der Waals surface area contributed by atoms with Crippen molar-refractivity contribution in [3.8, 4) is 0 Å². The van der Waals surface area contributed by atoms with E-state index in [1.807, 2.05) is 35.2 Å². The van der Waals surface area contributed by atoms with Gasteiger partial charge in [-0.3, -0.25) is 4.79 Å². The van der Waals surface area contributed by atoms with Crippen LogP contribution in [-0.4, -0.2) is 66.9 Å². The quantitative estimate of drug-likeness (QED) is 0.880. The molecule has 7 heteroatoms. The van der Waals surface area contributed by atoms with Crippen molar-refractivity contribution >= 4 is 11.9 Å². The molecule has 26 heavy (non-hydrogen) atoms. The number of carbonyl (C=O) groups is 2. The van der Waals surface area contributed by atoms with Crippen molar-refractivity contribution in [2.24, 2.45) is 5.92 Å². The van der Waals surface area contributed by atoms with Crippen LogP contribution in [0.2, 0.25) is 0 Å². The number of hydrogen-bond donors (Lipinski definition) is 1. The summed E-state index contributed by atoms with van der Waals surface area (Å²) < 4.78 is 11.8. The molecule has 1 spiro atoms. The highest BCUT2D eigenvalue weighted by Crippen LogP contribution is 2.33. The van der Waals surface area contributed by atoms with Gasteiger partial charge < -0.3 is 24.6 Å². The molecule has 1 aromatic carbocycles. The van der Waals surface area contributed by atoms with Gasteiger partial charge in [0.25, 0.3) is 0 Å². The summed E-state index contributed by atoms with van der Waals surface area (Å²) in [5.41, 5.74) is 1.05. The molecule has 0 aromatic heterocycles. The number of nitrogens with zero attached hydrogens (tertiary/aromatic N) is 2. The predicted molar refractivity (Wildman–Crippen MR) is 94.2 cm³/mol. The second kappa shape index (κ2) is 7.25. The van der Waals surface area contributed by atoms with Crippen LogP contribution >= 0.6 is 0 Å². The minimum Gasteiger partial charge on any atom is -0.345 e. The molecule has 4 rings (SSSR count). The minimum atomic E-state index is -0.898. The summed E-state index contributed by atoms with van der Waals surface area (Å²) in [5.74, 6) is -0.522. The Balaban J connectivity index is 1.35. The van der Waals surface area contributed by atoms with E-state index in [1.54, 1.807) is 4.90 Å². The predicted octanol–water partition coefficient (Wildman–Crippen LogP) is 1.19. The van der Waals surface area contributed by atoms with E-state index in [4.69, 9.17) is 9.47 Å². The highest BCUT2D eigenvalue weighted by molar-refractivity contribution is 5.81. The first-order chi connectivity index (χ1) is 12.7. The Morgan fingerprint density at radius 3 is 2.38 bits per heavy atom. The molecule has 2 saturated heterocycles. The van der Waals surface area contributed by atoms with Gasteiger partial charge in [0.15, 0.2) is 0 Å². The van der Waals surface area contributed by atoms with E-state index in [1.165, 1.54) is 0 Å².